The van der Waals surface area contributed by atoms with Gasteiger partial charge in [-0.15, -0.1) is 0 Å². The first kappa shape index (κ1) is 14.4. The Bertz CT molecular complexity index is 726. The number of nitrogens with one attached hydrogen (secondary N) is 1. The molecule has 0 aliphatic rings. The molecule has 10 heteroatoms. The maximum Gasteiger partial charge on any atom is 0.266 e. The molecule has 0 aliphatic heterocycles. The predicted molar refractivity (Wildman–Crippen MR) is 74.8 cm³/mol. The summed E-state index contributed by atoms with van der Waals surface area (Å²) in [6.45, 7) is 0. The minimum absolute atomic E-state index is 0.0380. The first-order valence-corrected chi connectivity index (χ1v) is 7.74. The van der Waals surface area contributed by atoms with Crippen LogP contribution in [0.1, 0.15) is 0 Å². The van der Waals surface area contributed by atoms with Crippen LogP contribution in [-0.4, -0.2) is 23.4 Å². The summed E-state index contributed by atoms with van der Waals surface area (Å²) in [5, 5.41) is -0.213. The number of halogens is 3. The van der Waals surface area contributed by atoms with Gasteiger partial charge in [0.05, 0.1) is 0 Å². The molecule has 0 saturated carbocycles. The van der Waals surface area contributed by atoms with Crippen LogP contribution >= 0.6 is 39.1 Å². The second kappa shape index (κ2) is 5.58. The van der Waals surface area contributed by atoms with Crippen LogP contribution in [0.4, 0.5) is 5.82 Å². The molecule has 0 spiro atoms. The van der Waals surface area contributed by atoms with Crippen molar-refractivity contribution in [3.05, 3.63) is 39.4 Å². The lowest BCUT2D eigenvalue weighted by Crippen LogP contribution is -2.15. The van der Waals surface area contributed by atoms with Crippen molar-refractivity contribution in [2.75, 3.05) is 4.72 Å². The summed E-state index contributed by atoms with van der Waals surface area (Å²) >= 11 is 14.5. The second-order valence-electron chi connectivity index (χ2n) is 3.26. The zero-order valence-corrected chi connectivity index (χ0v) is 12.9. The number of sulfonamides is 1. The van der Waals surface area contributed by atoms with Gasteiger partial charge >= 0.3 is 0 Å². The highest BCUT2D eigenvalue weighted by Crippen LogP contribution is 2.24. The van der Waals surface area contributed by atoms with Crippen molar-refractivity contribution in [3.63, 3.8) is 0 Å². The quantitative estimate of drug-likeness (QED) is 0.650. The van der Waals surface area contributed by atoms with Gasteiger partial charge in [-0.3, -0.25) is 4.72 Å². The Labute approximate surface area is 127 Å². The number of pyridine rings is 1. The van der Waals surface area contributed by atoms with Gasteiger partial charge in [0, 0.05) is 16.9 Å². The van der Waals surface area contributed by atoms with Crippen molar-refractivity contribution in [1.82, 2.24) is 15.0 Å². The van der Waals surface area contributed by atoms with Crippen LogP contribution in [0.3, 0.4) is 0 Å². The van der Waals surface area contributed by atoms with Crippen molar-refractivity contribution in [3.8, 4) is 0 Å². The number of hydrogen-bond acceptors (Lipinski definition) is 5. The highest BCUT2D eigenvalue weighted by atomic mass is 79.9. The van der Waals surface area contributed by atoms with Gasteiger partial charge in [-0.05, 0) is 39.7 Å². The van der Waals surface area contributed by atoms with E-state index in [4.69, 9.17) is 23.2 Å². The summed E-state index contributed by atoms with van der Waals surface area (Å²) in [6, 6.07) is 2.70. The van der Waals surface area contributed by atoms with Crippen LogP contribution in [0.5, 0.6) is 0 Å². The molecular formula is C9H5BrCl2N4O2S. The third-order valence-corrected chi connectivity index (χ3v) is 4.33. The first-order valence-electron chi connectivity index (χ1n) is 4.71. The Morgan fingerprint density at radius 3 is 2.68 bits per heavy atom. The fraction of sp³-hybridized carbons (Fsp3) is 0. The molecule has 0 bridgehead atoms. The predicted octanol–water partition coefficient (Wildman–Crippen LogP) is 2.74. The molecule has 0 aliphatic carbocycles. The topological polar surface area (TPSA) is 84.8 Å². The summed E-state index contributed by atoms with van der Waals surface area (Å²) in [7, 11) is -3.91. The molecule has 2 rings (SSSR count). The van der Waals surface area contributed by atoms with E-state index in [2.05, 4.69) is 35.6 Å². The third-order valence-electron chi connectivity index (χ3n) is 1.93. The van der Waals surface area contributed by atoms with Crippen molar-refractivity contribution >= 4 is 55.0 Å². The highest BCUT2D eigenvalue weighted by Gasteiger charge is 2.20. The average molecular weight is 384 g/mol. The average Bonchev–Trinajstić information content (AvgIpc) is 2.31. The molecule has 6 nitrogen and oxygen atoms in total. The van der Waals surface area contributed by atoms with Crippen LogP contribution in [0.15, 0.2) is 33.9 Å². The van der Waals surface area contributed by atoms with Crippen molar-refractivity contribution in [2.24, 2.45) is 0 Å². The van der Waals surface area contributed by atoms with Gasteiger partial charge in [-0.1, -0.05) is 11.6 Å². The minimum Gasteiger partial charge on any atom is -0.263 e. The number of anilines is 1. The molecule has 2 aromatic heterocycles. The maximum atomic E-state index is 12.1. The number of aromatic nitrogens is 3. The van der Waals surface area contributed by atoms with E-state index < -0.39 is 10.0 Å². The molecule has 2 aromatic rings. The molecule has 0 atom stereocenters. The van der Waals surface area contributed by atoms with Crippen LogP contribution in [0.25, 0.3) is 0 Å². The van der Waals surface area contributed by atoms with Crippen LogP contribution in [-0.2, 0) is 10.0 Å². The Morgan fingerprint density at radius 2 is 2.00 bits per heavy atom. The van der Waals surface area contributed by atoms with E-state index in [1.807, 2.05) is 0 Å². The molecule has 0 radical (unpaired) electrons. The third kappa shape index (κ3) is 3.53. The monoisotopic (exact) mass is 382 g/mol. The van der Waals surface area contributed by atoms with Gasteiger partial charge in [0.1, 0.15) is 15.9 Å². The Kier molecular flexibility index (Phi) is 4.24. The molecule has 2 heterocycles. The van der Waals surface area contributed by atoms with E-state index in [0.717, 1.165) is 0 Å². The largest absolute Gasteiger partial charge is 0.266 e. The summed E-state index contributed by atoms with van der Waals surface area (Å²) in [6.07, 6.45) is 2.72. The fourth-order valence-corrected chi connectivity index (χ4v) is 3.27. The zero-order chi connectivity index (χ0) is 14.0. The van der Waals surface area contributed by atoms with E-state index in [1.54, 1.807) is 0 Å². The second-order valence-corrected chi connectivity index (χ2v) is 6.52. The number of hydrogen-bond donors (Lipinski definition) is 1. The highest BCUT2D eigenvalue weighted by molar-refractivity contribution is 9.10. The molecule has 0 fully saturated rings. The van der Waals surface area contributed by atoms with E-state index >= 15 is 0 Å². The molecule has 100 valence electrons. The number of nitrogens with zero attached hydrogens (tertiary/aromatic N) is 3. The zero-order valence-electron chi connectivity index (χ0n) is 9.01. The molecule has 0 amide bonds. The smallest absolute Gasteiger partial charge is 0.263 e. The summed E-state index contributed by atoms with van der Waals surface area (Å²) in [5.41, 5.74) is 0. The van der Waals surface area contributed by atoms with Crippen LogP contribution < -0.4 is 4.72 Å². The Hall–Kier alpha value is -0.960. The van der Waals surface area contributed by atoms with Crippen LogP contribution in [0.2, 0.25) is 10.4 Å². The Balaban J connectivity index is 2.40. The molecule has 1 N–H and O–H groups in total. The standard InChI is InChI=1S/C9H5BrCl2N4O2S/c10-5-3-6(8(11)14-4-5)19(17,18)16-7-1-2-13-9(12)15-7/h1-4H,(H,13,15,16). The van der Waals surface area contributed by atoms with Crippen molar-refractivity contribution in [1.29, 1.82) is 0 Å². The van der Waals surface area contributed by atoms with Crippen LogP contribution in [0, 0.1) is 0 Å². The van der Waals surface area contributed by atoms with Crippen molar-refractivity contribution in [2.45, 2.75) is 4.90 Å². The van der Waals surface area contributed by atoms with Gasteiger partial charge < -0.3 is 0 Å². The van der Waals surface area contributed by atoms with E-state index in [0.29, 0.717) is 4.47 Å². The maximum absolute atomic E-state index is 12.1. The van der Waals surface area contributed by atoms with E-state index in [9.17, 15) is 8.42 Å². The van der Waals surface area contributed by atoms with Crippen molar-refractivity contribution < 1.29 is 8.42 Å². The van der Waals surface area contributed by atoms with Gasteiger partial charge in [-0.2, -0.15) is 4.98 Å². The van der Waals surface area contributed by atoms with Gasteiger partial charge in [0.15, 0.2) is 0 Å². The first-order chi connectivity index (χ1) is 8.88. The molecule has 0 unspecified atom stereocenters. The lowest BCUT2D eigenvalue weighted by atomic mass is 10.5. The normalized spacial score (nSPS) is 11.3. The summed E-state index contributed by atoms with van der Waals surface area (Å²) in [4.78, 5) is 10.9. The Morgan fingerprint density at radius 1 is 1.26 bits per heavy atom. The molecule has 19 heavy (non-hydrogen) atoms. The molecule has 0 aromatic carbocycles. The lowest BCUT2D eigenvalue weighted by Gasteiger charge is -2.08. The molecule has 0 saturated heterocycles. The minimum atomic E-state index is -3.91. The lowest BCUT2D eigenvalue weighted by molar-refractivity contribution is 0.600. The van der Waals surface area contributed by atoms with Gasteiger partial charge in [0.25, 0.3) is 10.0 Å². The van der Waals surface area contributed by atoms with Gasteiger partial charge in [0.2, 0.25) is 5.28 Å². The van der Waals surface area contributed by atoms with Gasteiger partial charge in [-0.25, -0.2) is 18.4 Å². The molecular weight excluding hydrogens is 379 g/mol. The van der Waals surface area contributed by atoms with E-state index in [-0.39, 0.29) is 21.2 Å². The fourth-order valence-electron chi connectivity index (χ4n) is 1.18. The number of rotatable bonds is 3. The summed E-state index contributed by atoms with van der Waals surface area (Å²) in [5.74, 6) is 0.0380. The SMILES string of the molecule is O=S(=O)(Nc1ccnc(Cl)n1)c1cc(Br)cnc1Cl. The van der Waals surface area contributed by atoms with E-state index in [1.165, 1.54) is 24.5 Å². The summed E-state index contributed by atoms with van der Waals surface area (Å²) < 4.78 is 27.0.